The predicted octanol–water partition coefficient (Wildman–Crippen LogP) is 2.62. The lowest BCUT2D eigenvalue weighted by atomic mass is 10.3. The van der Waals surface area contributed by atoms with Crippen LogP contribution in [-0.2, 0) is 0 Å². The van der Waals surface area contributed by atoms with Crippen LogP contribution in [0.15, 0.2) is 49.1 Å². The molecule has 4 rings (SSSR count). The third-order valence-electron chi connectivity index (χ3n) is 4.28. The summed E-state index contributed by atoms with van der Waals surface area (Å²) in [7, 11) is 0. The van der Waals surface area contributed by atoms with E-state index in [1.54, 1.807) is 24.5 Å². The molecule has 0 bridgehead atoms. The lowest BCUT2D eigenvalue weighted by Gasteiger charge is -2.35. The maximum Gasteiger partial charge on any atom is 0.225 e. The first-order chi connectivity index (χ1) is 13.2. The van der Waals surface area contributed by atoms with Gasteiger partial charge in [0.05, 0.1) is 0 Å². The number of halogens is 2. The summed E-state index contributed by atoms with van der Waals surface area (Å²) in [5.74, 6) is 0.210. The Morgan fingerprint density at radius 2 is 1.56 bits per heavy atom. The van der Waals surface area contributed by atoms with Crippen LogP contribution >= 0.6 is 0 Å². The van der Waals surface area contributed by atoms with E-state index in [0.29, 0.717) is 11.5 Å². The van der Waals surface area contributed by atoms with Crippen molar-refractivity contribution in [3.05, 3.63) is 60.7 Å². The summed E-state index contributed by atoms with van der Waals surface area (Å²) in [4.78, 5) is 21.3. The standard InChI is InChI=1S/C18H17F2N7/c19-14-3-2-13(10-15(14)20)25-16-11-17(24-12-23-16)26-6-8-27(9-7-26)18-21-4-1-5-22-18/h1-5,10-12H,6-9H2,(H,23,24,25). The minimum atomic E-state index is -0.909. The van der Waals surface area contributed by atoms with E-state index in [1.807, 2.05) is 0 Å². The molecule has 9 heteroatoms. The maximum absolute atomic E-state index is 13.4. The van der Waals surface area contributed by atoms with Crippen LogP contribution in [0, 0.1) is 11.6 Å². The molecule has 0 aliphatic carbocycles. The first kappa shape index (κ1) is 17.1. The molecule has 3 heterocycles. The highest BCUT2D eigenvalue weighted by Gasteiger charge is 2.20. The summed E-state index contributed by atoms with van der Waals surface area (Å²) in [6.45, 7) is 3.08. The summed E-state index contributed by atoms with van der Waals surface area (Å²) in [5.41, 5.74) is 0.421. The Balaban J connectivity index is 1.43. The molecule has 1 aliphatic heterocycles. The van der Waals surface area contributed by atoms with Gasteiger partial charge in [-0.25, -0.2) is 28.7 Å². The molecule has 2 aromatic heterocycles. The Bertz CT molecular complexity index is 915. The van der Waals surface area contributed by atoms with E-state index in [-0.39, 0.29) is 0 Å². The largest absolute Gasteiger partial charge is 0.353 e. The number of aromatic nitrogens is 4. The first-order valence-electron chi connectivity index (χ1n) is 8.50. The van der Waals surface area contributed by atoms with Gasteiger partial charge in [-0.1, -0.05) is 0 Å². The zero-order valence-electron chi connectivity index (χ0n) is 14.4. The molecule has 3 aromatic rings. The van der Waals surface area contributed by atoms with E-state index >= 15 is 0 Å². The van der Waals surface area contributed by atoms with E-state index in [4.69, 9.17) is 0 Å². The summed E-state index contributed by atoms with van der Waals surface area (Å²) >= 11 is 0. The van der Waals surface area contributed by atoms with E-state index in [9.17, 15) is 8.78 Å². The SMILES string of the molecule is Fc1ccc(Nc2cc(N3CCN(c4ncccn4)CC3)ncn2)cc1F. The van der Waals surface area contributed by atoms with Crippen LogP contribution in [0.4, 0.5) is 32.1 Å². The minimum Gasteiger partial charge on any atom is -0.353 e. The second-order valence-electron chi connectivity index (χ2n) is 6.04. The quantitative estimate of drug-likeness (QED) is 0.758. The van der Waals surface area contributed by atoms with E-state index < -0.39 is 11.6 Å². The van der Waals surface area contributed by atoms with Crippen LogP contribution in [0.2, 0.25) is 0 Å². The zero-order chi connectivity index (χ0) is 18.6. The molecule has 0 radical (unpaired) electrons. The lowest BCUT2D eigenvalue weighted by Crippen LogP contribution is -2.47. The second kappa shape index (κ2) is 7.48. The van der Waals surface area contributed by atoms with Gasteiger partial charge in [-0.05, 0) is 18.2 Å². The molecule has 1 saturated heterocycles. The molecule has 1 fully saturated rings. The smallest absolute Gasteiger partial charge is 0.225 e. The number of nitrogens with one attached hydrogen (secondary N) is 1. The van der Waals surface area contributed by atoms with Crippen molar-refractivity contribution in [3.63, 3.8) is 0 Å². The number of piperazine rings is 1. The van der Waals surface area contributed by atoms with Gasteiger partial charge in [-0.2, -0.15) is 0 Å². The number of anilines is 4. The lowest BCUT2D eigenvalue weighted by molar-refractivity contribution is 0.509. The highest BCUT2D eigenvalue weighted by molar-refractivity contribution is 5.59. The molecular formula is C18H17F2N7. The monoisotopic (exact) mass is 369 g/mol. The number of benzene rings is 1. The predicted molar refractivity (Wildman–Crippen MR) is 98.1 cm³/mol. The molecule has 0 atom stereocenters. The third kappa shape index (κ3) is 3.91. The Morgan fingerprint density at radius 1 is 0.815 bits per heavy atom. The third-order valence-corrected chi connectivity index (χ3v) is 4.28. The maximum atomic E-state index is 13.4. The van der Waals surface area contributed by atoms with Crippen molar-refractivity contribution in [2.45, 2.75) is 0 Å². The number of hydrogen-bond donors (Lipinski definition) is 1. The van der Waals surface area contributed by atoms with E-state index in [1.165, 1.54) is 12.4 Å². The fourth-order valence-corrected chi connectivity index (χ4v) is 2.90. The van der Waals surface area contributed by atoms with Gasteiger partial charge in [-0.3, -0.25) is 0 Å². The molecule has 0 spiro atoms. The van der Waals surface area contributed by atoms with Crippen molar-refractivity contribution in [3.8, 4) is 0 Å². The van der Waals surface area contributed by atoms with Gasteiger partial charge in [0.1, 0.15) is 18.0 Å². The number of hydrogen-bond acceptors (Lipinski definition) is 7. The topological polar surface area (TPSA) is 70.1 Å². The van der Waals surface area contributed by atoms with E-state index in [0.717, 1.165) is 50.1 Å². The van der Waals surface area contributed by atoms with Gasteiger partial charge >= 0.3 is 0 Å². The Morgan fingerprint density at radius 3 is 2.30 bits per heavy atom. The molecule has 1 N–H and O–H groups in total. The summed E-state index contributed by atoms with van der Waals surface area (Å²) in [5, 5.41) is 2.97. The van der Waals surface area contributed by atoms with Crippen LogP contribution < -0.4 is 15.1 Å². The average Bonchev–Trinajstić information content (AvgIpc) is 2.72. The van der Waals surface area contributed by atoms with Gasteiger partial charge in [0.15, 0.2) is 11.6 Å². The Kier molecular flexibility index (Phi) is 4.73. The normalized spacial score (nSPS) is 14.3. The van der Waals surface area contributed by atoms with Gasteiger partial charge in [-0.15, -0.1) is 0 Å². The van der Waals surface area contributed by atoms with Crippen LogP contribution in [0.1, 0.15) is 0 Å². The number of rotatable bonds is 4. The van der Waals surface area contributed by atoms with Crippen molar-refractivity contribution < 1.29 is 8.78 Å². The molecule has 0 amide bonds. The van der Waals surface area contributed by atoms with Gasteiger partial charge in [0.25, 0.3) is 0 Å². The summed E-state index contributed by atoms with van der Waals surface area (Å²) in [6, 6.07) is 7.21. The minimum absolute atomic E-state index is 0.421. The van der Waals surface area contributed by atoms with Gasteiger partial charge in [0, 0.05) is 56.4 Å². The highest BCUT2D eigenvalue weighted by Crippen LogP contribution is 2.21. The summed E-state index contributed by atoms with van der Waals surface area (Å²) < 4.78 is 26.4. The van der Waals surface area contributed by atoms with Crippen molar-refractivity contribution in [1.82, 2.24) is 19.9 Å². The first-order valence-corrected chi connectivity index (χ1v) is 8.50. The molecule has 1 aliphatic rings. The molecule has 0 saturated carbocycles. The fraction of sp³-hybridized carbons (Fsp3) is 0.222. The van der Waals surface area contributed by atoms with Crippen LogP contribution in [-0.4, -0.2) is 46.1 Å². The fourth-order valence-electron chi connectivity index (χ4n) is 2.90. The molecule has 27 heavy (non-hydrogen) atoms. The molecule has 1 aromatic carbocycles. The Labute approximate surface area is 154 Å². The van der Waals surface area contributed by atoms with Crippen LogP contribution in [0.5, 0.6) is 0 Å². The van der Waals surface area contributed by atoms with Crippen molar-refractivity contribution in [1.29, 1.82) is 0 Å². The Hall–Kier alpha value is -3.36. The van der Waals surface area contributed by atoms with Crippen LogP contribution in [0.3, 0.4) is 0 Å². The van der Waals surface area contributed by atoms with Crippen molar-refractivity contribution >= 4 is 23.3 Å². The van der Waals surface area contributed by atoms with Crippen molar-refractivity contribution in [2.24, 2.45) is 0 Å². The molecular weight excluding hydrogens is 352 g/mol. The molecule has 138 valence electrons. The average molecular weight is 369 g/mol. The highest BCUT2D eigenvalue weighted by atomic mass is 19.2. The zero-order valence-corrected chi connectivity index (χ0v) is 14.4. The summed E-state index contributed by atoms with van der Waals surface area (Å²) in [6.07, 6.45) is 4.91. The van der Waals surface area contributed by atoms with Gasteiger partial charge < -0.3 is 15.1 Å². The second-order valence-corrected chi connectivity index (χ2v) is 6.04. The van der Waals surface area contributed by atoms with E-state index in [2.05, 4.69) is 35.1 Å². The molecule has 7 nitrogen and oxygen atoms in total. The van der Waals surface area contributed by atoms with Gasteiger partial charge in [0.2, 0.25) is 5.95 Å². The van der Waals surface area contributed by atoms with Crippen LogP contribution in [0.25, 0.3) is 0 Å². The number of nitrogens with zero attached hydrogens (tertiary/aromatic N) is 6. The van der Waals surface area contributed by atoms with Crippen molar-refractivity contribution in [2.75, 3.05) is 41.3 Å². The molecule has 0 unspecified atom stereocenters.